The van der Waals surface area contributed by atoms with Crippen LogP contribution in [-0.2, 0) is 9.53 Å². The number of anilines is 1. The molecule has 1 unspecified atom stereocenters. The molecule has 3 aromatic rings. The van der Waals surface area contributed by atoms with Gasteiger partial charge in [0.2, 0.25) is 0 Å². The minimum Gasteiger partial charge on any atom is -0.449 e. The van der Waals surface area contributed by atoms with Gasteiger partial charge in [-0.25, -0.2) is 9.78 Å². The molecule has 6 nitrogen and oxygen atoms in total. The minimum absolute atomic E-state index is 0.291. The molecule has 0 aliphatic heterocycles. The summed E-state index contributed by atoms with van der Waals surface area (Å²) in [6, 6.07) is 9.97. The summed E-state index contributed by atoms with van der Waals surface area (Å²) in [7, 11) is 0. The van der Waals surface area contributed by atoms with Gasteiger partial charge >= 0.3 is 5.97 Å². The predicted molar refractivity (Wildman–Crippen MR) is 98.3 cm³/mol. The molecular weight excluding hydrogens is 356 g/mol. The molecule has 1 amide bonds. The van der Waals surface area contributed by atoms with Crippen molar-refractivity contribution in [1.82, 2.24) is 4.98 Å². The van der Waals surface area contributed by atoms with Gasteiger partial charge in [-0.2, -0.15) is 0 Å². The summed E-state index contributed by atoms with van der Waals surface area (Å²) in [6.07, 6.45) is 0.712. The van der Waals surface area contributed by atoms with Crippen LogP contribution in [0.15, 0.2) is 47.2 Å². The molecule has 0 saturated carbocycles. The van der Waals surface area contributed by atoms with Crippen molar-refractivity contribution in [1.29, 1.82) is 0 Å². The molecule has 26 heavy (non-hydrogen) atoms. The lowest BCUT2D eigenvalue weighted by atomic mass is 10.2. The van der Waals surface area contributed by atoms with Crippen molar-refractivity contribution >= 4 is 40.3 Å². The van der Waals surface area contributed by atoms with E-state index in [1.54, 1.807) is 37.3 Å². The Bertz CT molecular complexity index is 967. The Morgan fingerprint density at radius 2 is 2.08 bits per heavy atom. The first-order valence-electron chi connectivity index (χ1n) is 8.09. The Balaban J connectivity index is 1.70. The monoisotopic (exact) mass is 372 g/mol. The van der Waals surface area contributed by atoms with Crippen LogP contribution in [-0.4, -0.2) is 23.0 Å². The Morgan fingerprint density at radius 1 is 1.27 bits per heavy atom. The fourth-order valence-electron chi connectivity index (χ4n) is 2.39. The van der Waals surface area contributed by atoms with Crippen LogP contribution < -0.4 is 5.32 Å². The maximum atomic E-state index is 12.4. The number of carbonyl (C=O) groups is 2. The van der Waals surface area contributed by atoms with Crippen LogP contribution in [0.1, 0.15) is 29.3 Å². The summed E-state index contributed by atoms with van der Waals surface area (Å²) in [5, 5.41) is 3.26. The van der Waals surface area contributed by atoms with E-state index in [2.05, 4.69) is 10.3 Å². The van der Waals surface area contributed by atoms with Crippen LogP contribution in [0.2, 0.25) is 5.02 Å². The first-order valence-corrected chi connectivity index (χ1v) is 8.47. The average Bonchev–Trinajstić information content (AvgIpc) is 3.10. The van der Waals surface area contributed by atoms with E-state index in [4.69, 9.17) is 20.8 Å². The zero-order valence-corrected chi connectivity index (χ0v) is 15.0. The molecule has 0 fully saturated rings. The molecule has 1 aromatic heterocycles. The van der Waals surface area contributed by atoms with Crippen molar-refractivity contribution in [3.8, 4) is 0 Å². The molecule has 0 bridgehead atoms. The highest BCUT2D eigenvalue weighted by Crippen LogP contribution is 2.21. The second kappa shape index (κ2) is 7.58. The summed E-state index contributed by atoms with van der Waals surface area (Å²) in [5.41, 5.74) is 2.86. The number of aryl methyl sites for hydroxylation is 1. The zero-order valence-electron chi connectivity index (χ0n) is 14.3. The first kappa shape index (κ1) is 17.9. The van der Waals surface area contributed by atoms with E-state index in [1.807, 2.05) is 6.92 Å². The first-order chi connectivity index (χ1) is 12.5. The van der Waals surface area contributed by atoms with Crippen molar-refractivity contribution in [2.45, 2.75) is 26.4 Å². The fourth-order valence-corrected chi connectivity index (χ4v) is 2.58. The third-order valence-corrected chi connectivity index (χ3v) is 4.33. The molecule has 3 rings (SSSR count). The molecule has 2 aromatic carbocycles. The van der Waals surface area contributed by atoms with Gasteiger partial charge in [0.15, 0.2) is 18.1 Å². The number of hydrogen-bond donors (Lipinski definition) is 1. The molecule has 0 aliphatic carbocycles. The van der Waals surface area contributed by atoms with E-state index in [0.29, 0.717) is 33.8 Å². The Hall–Kier alpha value is -2.86. The van der Waals surface area contributed by atoms with Crippen LogP contribution in [0.25, 0.3) is 11.1 Å². The number of nitrogens with zero attached hydrogens (tertiary/aromatic N) is 1. The molecule has 1 atom stereocenters. The van der Waals surface area contributed by atoms with Crippen LogP contribution in [0.5, 0.6) is 0 Å². The molecular formula is C19H17ClN2O4. The number of oxazole rings is 1. The molecule has 134 valence electrons. The summed E-state index contributed by atoms with van der Waals surface area (Å²) < 4.78 is 10.5. The maximum absolute atomic E-state index is 12.4. The number of nitrogens with one attached hydrogen (secondary N) is 1. The van der Waals surface area contributed by atoms with Crippen molar-refractivity contribution in [2.75, 3.05) is 5.32 Å². The maximum Gasteiger partial charge on any atom is 0.339 e. The summed E-state index contributed by atoms with van der Waals surface area (Å²) in [4.78, 5) is 28.8. The number of ether oxygens (including phenoxy) is 1. The van der Waals surface area contributed by atoms with E-state index in [1.165, 1.54) is 12.5 Å². The average molecular weight is 373 g/mol. The smallest absolute Gasteiger partial charge is 0.339 e. The Morgan fingerprint density at radius 3 is 2.81 bits per heavy atom. The molecule has 1 N–H and O–H groups in total. The lowest BCUT2D eigenvalue weighted by Crippen LogP contribution is -2.32. The number of amides is 1. The third-order valence-electron chi connectivity index (χ3n) is 3.92. The van der Waals surface area contributed by atoms with Gasteiger partial charge in [0.05, 0.1) is 5.56 Å². The number of esters is 1. The topological polar surface area (TPSA) is 81.4 Å². The van der Waals surface area contributed by atoms with Gasteiger partial charge in [0.1, 0.15) is 5.52 Å². The van der Waals surface area contributed by atoms with Crippen molar-refractivity contribution in [2.24, 2.45) is 0 Å². The molecule has 0 radical (unpaired) electrons. The fraction of sp³-hybridized carbons (Fsp3) is 0.211. The van der Waals surface area contributed by atoms with E-state index < -0.39 is 18.0 Å². The van der Waals surface area contributed by atoms with Crippen LogP contribution >= 0.6 is 11.6 Å². The van der Waals surface area contributed by atoms with E-state index in [-0.39, 0.29) is 0 Å². The van der Waals surface area contributed by atoms with E-state index >= 15 is 0 Å². The number of fused-ring (bicyclic) bond motifs is 1. The number of benzene rings is 2. The molecule has 0 spiro atoms. The Labute approximate surface area is 155 Å². The highest BCUT2D eigenvalue weighted by atomic mass is 35.5. The quantitative estimate of drug-likeness (QED) is 0.673. The standard InChI is InChI=1S/C19H17ClN2O4/c1-3-16(18(23)22-13-6-4-11(2)14(20)9-13)26-19(24)12-5-7-15-17(8-12)25-10-21-15/h4-10,16H,3H2,1-2H3,(H,22,23). The second-order valence-electron chi connectivity index (χ2n) is 5.79. The van der Waals surface area contributed by atoms with Gasteiger partial charge in [-0.15, -0.1) is 0 Å². The number of carbonyl (C=O) groups excluding carboxylic acids is 2. The molecule has 0 aliphatic rings. The summed E-state index contributed by atoms with van der Waals surface area (Å²) in [6.45, 7) is 3.63. The van der Waals surface area contributed by atoms with Gasteiger partial charge in [0, 0.05) is 10.7 Å². The zero-order chi connectivity index (χ0) is 18.7. The van der Waals surface area contributed by atoms with Crippen LogP contribution in [0, 0.1) is 6.92 Å². The Kier molecular flexibility index (Phi) is 5.23. The highest BCUT2D eigenvalue weighted by Gasteiger charge is 2.22. The largest absolute Gasteiger partial charge is 0.449 e. The van der Waals surface area contributed by atoms with Crippen LogP contribution in [0.3, 0.4) is 0 Å². The van der Waals surface area contributed by atoms with E-state index in [9.17, 15) is 9.59 Å². The molecule has 7 heteroatoms. The second-order valence-corrected chi connectivity index (χ2v) is 6.20. The number of rotatable bonds is 5. The van der Waals surface area contributed by atoms with Gasteiger partial charge in [0.25, 0.3) is 5.91 Å². The third kappa shape index (κ3) is 3.86. The van der Waals surface area contributed by atoms with Crippen molar-refractivity contribution in [3.63, 3.8) is 0 Å². The van der Waals surface area contributed by atoms with Crippen molar-refractivity contribution < 1.29 is 18.7 Å². The minimum atomic E-state index is -0.923. The highest BCUT2D eigenvalue weighted by molar-refractivity contribution is 6.31. The SMILES string of the molecule is CCC(OC(=O)c1ccc2ncoc2c1)C(=O)Nc1ccc(C)c(Cl)c1. The van der Waals surface area contributed by atoms with E-state index in [0.717, 1.165) is 5.56 Å². The predicted octanol–water partition coefficient (Wildman–Crippen LogP) is 4.36. The number of hydrogen-bond acceptors (Lipinski definition) is 5. The van der Waals surface area contributed by atoms with Crippen molar-refractivity contribution in [3.05, 3.63) is 58.9 Å². The normalized spacial score (nSPS) is 12.0. The number of halogens is 1. The molecule has 1 heterocycles. The lowest BCUT2D eigenvalue weighted by Gasteiger charge is -2.16. The van der Waals surface area contributed by atoms with Gasteiger partial charge in [-0.05, 0) is 49.2 Å². The van der Waals surface area contributed by atoms with Crippen LogP contribution in [0.4, 0.5) is 5.69 Å². The van der Waals surface area contributed by atoms with Gasteiger partial charge in [-0.3, -0.25) is 4.79 Å². The van der Waals surface area contributed by atoms with Gasteiger partial charge in [-0.1, -0.05) is 24.6 Å². The summed E-state index contributed by atoms with van der Waals surface area (Å²) in [5.74, 6) is -1.02. The lowest BCUT2D eigenvalue weighted by molar-refractivity contribution is -0.124. The summed E-state index contributed by atoms with van der Waals surface area (Å²) >= 11 is 6.06. The number of aromatic nitrogens is 1. The molecule has 0 saturated heterocycles. The van der Waals surface area contributed by atoms with Gasteiger partial charge < -0.3 is 14.5 Å².